The van der Waals surface area contributed by atoms with Gasteiger partial charge in [0.1, 0.15) is 0 Å². The van der Waals surface area contributed by atoms with E-state index in [9.17, 15) is 4.79 Å². The number of pyridine rings is 1. The molecule has 138 valence electrons. The molecule has 27 heavy (non-hydrogen) atoms. The predicted octanol–water partition coefficient (Wildman–Crippen LogP) is 5.38. The summed E-state index contributed by atoms with van der Waals surface area (Å²) in [5, 5.41) is 6.36. The monoisotopic (exact) mass is 359 g/mol. The van der Waals surface area contributed by atoms with Crippen LogP contribution in [0, 0.1) is 6.92 Å². The highest BCUT2D eigenvalue weighted by Crippen LogP contribution is 2.24. The van der Waals surface area contributed by atoms with Gasteiger partial charge < -0.3 is 10.6 Å². The first kappa shape index (κ1) is 18.6. The Morgan fingerprint density at radius 3 is 2.56 bits per heavy atom. The van der Waals surface area contributed by atoms with E-state index in [0.29, 0.717) is 18.0 Å². The van der Waals surface area contributed by atoms with E-state index in [4.69, 9.17) is 0 Å². The van der Waals surface area contributed by atoms with Crippen molar-refractivity contribution in [2.45, 2.75) is 33.2 Å². The van der Waals surface area contributed by atoms with Crippen LogP contribution in [0.3, 0.4) is 0 Å². The van der Waals surface area contributed by atoms with Crippen molar-refractivity contribution in [3.8, 4) is 0 Å². The van der Waals surface area contributed by atoms with E-state index >= 15 is 0 Å². The first-order valence-electron chi connectivity index (χ1n) is 9.18. The van der Waals surface area contributed by atoms with E-state index in [2.05, 4.69) is 48.5 Å². The summed E-state index contributed by atoms with van der Waals surface area (Å²) in [5.74, 6) is 0.178. The Kier molecular flexibility index (Phi) is 5.87. The third-order valence-corrected chi connectivity index (χ3v) is 4.58. The number of aryl methyl sites for hydroxylation is 1. The summed E-state index contributed by atoms with van der Waals surface area (Å²) in [6.07, 6.45) is 3.32. The molecule has 0 radical (unpaired) electrons. The van der Waals surface area contributed by atoms with Gasteiger partial charge in [0, 0.05) is 24.6 Å². The number of anilines is 2. The molecular weight excluding hydrogens is 334 g/mol. The zero-order valence-electron chi connectivity index (χ0n) is 16.0. The molecule has 0 aliphatic carbocycles. The van der Waals surface area contributed by atoms with E-state index in [-0.39, 0.29) is 5.91 Å². The second kappa shape index (κ2) is 8.49. The normalized spacial score (nSPS) is 10.7. The number of carbonyl (C=O) groups is 1. The van der Waals surface area contributed by atoms with Crippen molar-refractivity contribution in [3.05, 3.63) is 89.2 Å². The zero-order valence-corrected chi connectivity index (χ0v) is 16.0. The second-order valence-corrected chi connectivity index (χ2v) is 6.94. The van der Waals surface area contributed by atoms with E-state index in [0.717, 1.165) is 16.9 Å². The number of hydrogen-bond donors (Lipinski definition) is 2. The highest BCUT2D eigenvalue weighted by molar-refractivity contribution is 6.05. The van der Waals surface area contributed by atoms with Gasteiger partial charge in [0.2, 0.25) is 0 Å². The average Bonchev–Trinajstić information content (AvgIpc) is 2.68. The van der Waals surface area contributed by atoms with Gasteiger partial charge in [0.25, 0.3) is 5.91 Å². The Morgan fingerprint density at radius 2 is 1.78 bits per heavy atom. The van der Waals surface area contributed by atoms with Crippen LogP contribution in [-0.2, 0) is 6.54 Å². The fraction of sp³-hybridized carbons (Fsp3) is 0.217. The highest BCUT2D eigenvalue weighted by atomic mass is 16.1. The number of rotatable bonds is 6. The molecule has 4 heteroatoms. The Balaban J connectivity index is 1.72. The maximum Gasteiger partial charge on any atom is 0.257 e. The van der Waals surface area contributed by atoms with Crippen LogP contribution in [0.5, 0.6) is 0 Å². The van der Waals surface area contributed by atoms with Crippen molar-refractivity contribution in [1.29, 1.82) is 0 Å². The largest absolute Gasteiger partial charge is 0.380 e. The Labute approximate surface area is 160 Å². The number of para-hydroxylation sites is 1. The molecule has 1 aromatic heterocycles. The smallest absolute Gasteiger partial charge is 0.257 e. The minimum absolute atomic E-state index is 0.157. The van der Waals surface area contributed by atoms with Crippen molar-refractivity contribution < 1.29 is 4.79 Å². The molecule has 0 fully saturated rings. The van der Waals surface area contributed by atoms with Crippen LogP contribution >= 0.6 is 0 Å². The quantitative estimate of drug-likeness (QED) is 0.621. The van der Waals surface area contributed by atoms with Crippen LogP contribution < -0.4 is 10.6 Å². The molecule has 0 spiro atoms. The molecule has 0 atom stereocenters. The lowest BCUT2D eigenvalue weighted by molar-refractivity contribution is 0.102. The lowest BCUT2D eigenvalue weighted by atomic mass is 10.0. The van der Waals surface area contributed by atoms with E-state index in [1.54, 1.807) is 12.4 Å². The number of nitrogens with one attached hydrogen (secondary N) is 2. The minimum Gasteiger partial charge on any atom is -0.380 e. The molecule has 0 saturated heterocycles. The maximum atomic E-state index is 12.7. The Morgan fingerprint density at radius 1 is 1.04 bits per heavy atom. The molecule has 4 nitrogen and oxygen atoms in total. The summed E-state index contributed by atoms with van der Waals surface area (Å²) >= 11 is 0. The van der Waals surface area contributed by atoms with Crippen LogP contribution in [0.25, 0.3) is 0 Å². The fourth-order valence-electron chi connectivity index (χ4n) is 2.98. The van der Waals surface area contributed by atoms with Crippen molar-refractivity contribution in [2.24, 2.45) is 0 Å². The van der Waals surface area contributed by atoms with Gasteiger partial charge in [-0.25, -0.2) is 0 Å². The molecule has 3 aromatic rings. The number of carbonyl (C=O) groups excluding carboxylic acids is 1. The van der Waals surface area contributed by atoms with Crippen molar-refractivity contribution in [2.75, 3.05) is 10.6 Å². The van der Waals surface area contributed by atoms with Gasteiger partial charge in [-0.3, -0.25) is 9.78 Å². The second-order valence-electron chi connectivity index (χ2n) is 6.94. The Bertz CT molecular complexity index is 934. The van der Waals surface area contributed by atoms with Crippen LogP contribution in [0.15, 0.2) is 67.0 Å². The highest BCUT2D eigenvalue weighted by Gasteiger charge is 2.12. The van der Waals surface area contributed by atoms with Crippen molar-refractivity contribution >= 4 is 17.3 Å². The molecule has 0 unspecified atom stereocenters. The number of hydrogen-bond acceptors (Lipinski definition) is 3. The van der Waals surface area contributed by atoms with Crippen LogP contribution in [0.2, 0.25) is 0 Å². The van der Waals surface area contributed by atoms with Gasteiger partial charge in [0.15, 0.2) is 0 Å². The van der Waals surface area contributed by atoms with E-state index < -0.39 is 0 Å². The zero-order chi connectivity index (χ0) is 19.2. The average molecular weight is 359 g/mol. The number of aromatic nitrogens is 1. The number of amides is 1. The predicted molar refractivity (Wildman–Crippen MR) is 111 cm³/mol. The molecule has 2 aromatic carbocycles. The third kappa shape index (κ3) is 4.73. The number of benzene rings is 2. The van der Waals surface area contributed by atoms with Gasteiger partial charge in [-0.2, -0.15) is 0 Å². The first-order valence-corrected chi connectivity index (χ1v) is 9.18. The molecule has 1 amide bonds. The Hall–Kier alpha value is -3.14. The molecule has 0 aliphatic heterocycles. The summed E-state index contributed by atoms with van der Waals surface area (Å²) in [4.78, 5) is 16.9. The van der Waals surface area contributed by atoms with Crippen molar-refractivity contribution in [1.82, 2.24) is 4.98 Å². The molecular formula is C23H25N3O. The summed E-state index contributed by atoms with van der Waals surface area (Å²) in [6, 6.07) is 18.0. The van der Waals surface area contributed by atoms with Crippen LogP contribution in [-0.4, -0.2) is 10.9 Å². The summed E-state index contributed by atoms with van der Waals surface area (Å²) in [5.41, 5.74) is 5.77. The standard InChI is InChI=1S/C23H25N3O/c1-16(2)21-10-6-7-11-22(21)26-23(27)19-12-20(15-24-13-19)25-14-18-9-5-4-8-17(18)3/h4-13,15-16,25H,14H2,1-3H3,(H,26,27). The lowest BCUT2D eigenvalue weighted by Crippen LogP contribution is -2.14. The fourth-order valence-corrected chi connectivity index (χ4v) is 2.98. The summed E-state index contributed by atoms with van der Waals surface area (Å²) < 4.78 is 0. The third-order valence-electron chi connectivity index (χ3n) is 4.58. The molecule has 2 N–H and O–H groups in total. The van der Waals surface area contributed by atoms with Crippen molar-refractivity contribution in [3.63, 3.8) is 0 Å². The SMILES string of the molecule is Cc1ccccc1CNc1cncc(C(=O)Nc2ccccc2C(C)C)c1. The van der Waals surface area contributed by atoms with Crippen LogP contribution in [0.4, 0.5) is 11.4 Å². The molecule has 1 heterocycles. The van der Waals surface area contributed by atoms with Gasteiger partial charge in [-0.15, -0.1) is 0 Å². The summed E-state index contributed by atoms with van der Waals surface area (Å²) in [6.45, 7) is 7.01. The molecule has 0 bridgehead atoms. The molecule has 0 saturated carbocycles. The van der Waals surface area contributed by atoms with E-state index in [1.165, 1.54) is 11.1 Å². The minimum atomic E-state index is -0.157. The van der Waals surface area contributed by atoms with Gasteiger partial charge in [-0.1, -0.05) is 56.3 Å². The van der Waals surface area contributed by atoms with Crippen LogP contribution in [0.1, 0.15) is 46.8 Å². The lowest BCUT2D eigenvalue weighted by Gasteiger charge is -2.14. The van der Waals surface area contributed by atoms with Gasteiger partial charge in [0.05, 0.1) is 11.3 Å². The maximum absolute atomic E-state index is 12.7. The van der Waals surface area contributed by atoms with E-state index in [1.807, 2.05) is 42.5 Å². The first-order chi connectivity index (χ1) is 13.0. The summed E-state index contributed by atoms with van der Waals surface area (Å²) in [7, 11) is 0. The topological polar surface area (TPSA) is 54.0 Å². The number of nitrogens with zero attached hydrogens (tertiary/aromatic N) is 1. The molecule has 0 aliphatic rings. The van der Waals surface area contributed by atoms with Gasteiger partial charge >= 0.3 is 0 Å². The molecule has 3 rings (SSSR count). The van der Waals surface area contributed by atoms with Gasteiger partial charge in [-0.05, 0) is 41.7 Å².